The van der Waals surface area contributed by atoms with Gasteiger partial charge in [-0.25, -0.2) is 13.8 Å². The number of anilines is 1. The molecule has 18 heavy (non-hydrogen) atoms. The Kier molecular flexibility index (Phi) is 2.63. The van der Waals surface area contributed by atoms with Crippen LogP contribution in [0.5, 0.6) is 0 Å². The quantitative estimate of drug-likeness (QED) is 0.844. The summed E-state index contributed by atoms with van der Waals surface area (Å²) in [5.41, 5.74) is 2.26. The Morgan fingerprint density at radius 2 is 2.06 bits per heavy atom. The number of benzene rings is 1. The molecule has 0 fully saturated rings. The highest BCUT2D eigenvalue weighted by Crippen LogP contribution is 2.33. The number of hydrogen-bond acceptors (Lipinski definition) is 3. The van der Waals surface area contributed by atoms with E-state index >= 15 is 0 Å². The number of nitrogens with zero attached hydrogens (tertiary/aromatic N) is 1. The number of nitrogens with one attached hydrogen (secondary N) is 1. The number of pyridine rings is 1. The van der Waals surface area contributed by atoms with E-state index in [4.69, 9.17) is 4.74 Å². The van der Waals surface area contributed by atoms with Gasteiger partial charge >= 0.3 is 0 Å². The zero-order valence-corrected chi connectivity index (χ0v) is 9.89. The van der Waals surface area contributed by atoms with Crippen LogP contribution in [0.2, 0.25) is 0 Å². The minimum Gasteiger partial charge on any atom is -0.387 e. The molecule has 1 aromatic carbocycles. The zero-order chi connectivity index (χ0) is 12.7. The van der Waals surface area contributed by atoms with E-state index in [9.17, 15) is 8.78 Å². The smallest absolute Gasteiger partial charge is 0.149 e. The molecule has 5 heteroatoms. The average molecular weight is 250 g/mol. The Labute approximate surface area is 103 Å². The molecule has 1 aliphatic heterocycles. The number of fused-ring (bicyclic) bond motifs is 2. The van der Waals surface area contributed by atoms with Gasteiger partial charge in [0, 0.05) is 19.0 Å². The normalized spacial score (nSPS) is 14.6. The largest absolute Gasteiger partial charge is 0.387 e. The predicted molar refractivity (Wildman–Crippen MR) is 64.6 cm³/mol. The standard InChI is InChI=1S/C13H12F2N2O/c1-16-12-7-6-18-5-4-10(7)17-13-9(15)3-2-8(14)11(12)13/h2-3H,4-6H2,1H3,(H,16,17). The SMILES string of the molecule is CNc1c2c(nc3c(F)ccc(F)c13)CCOC2. The summed E-state index contributed by atoms with van der Waals surface area (Å²) in [6.07, 6.45) is 0.621. The molecule has 2 aromatic rings. The third-order valence-electron chi connectivity index (χ3n) is 3.20. The molecular formula is C13H12F2N2O. The summed E-state index contributed by atoms with van der Waals surface area (Å²) in [5, 5.41) is 3.14. The predicted octanol–water partition coefficient (Wildman–Crippen LogP) is 2.63. The van der Waals surface area contributed by atoms with Crippen LogP contribution in [0.1, 0.15) is 11.3 Å². The molecule has 1 N–H and O–H groups in total. The van der Waals surface area contributed by atoms with Gasteiger partial charge in [0.2, 0.25) is 0 Å². The van der Waals surface area contributed by atoms with Crippen molar-refractivity contribution in [2.24, 2.45) is 0 Å². The minimum absolute atomic E-state index is 0.0833. The minimum atomic E-state index is -0.503. The first-order valence-corrected chi connectivity index (χ1v) is 5.77. The van der Waals surface area contributed by atoms with Gasteiger partial charge in [0.05, 0.1) is 30.0 Å². The summed E-state index contributed by atoms with van der Waals surface area (Å²) in [5.74, 6) is -0.978. The highest BCUT2D eigenvalue weighted by molar-refractivity contribution is 5.94. The van der Waals surface area contributed by atoms with E-state index in [-0.39, 0.29) is 10.9 Å². The number of halogens is 2. The molecule has 0 aliphatic carbocycles. The van der Waals surface area contributed by atoms with Crippen molar-refractivity contribution in [2.45, 2.75) is 13.0 Å². The third kappa shape index (κ3) is 1.54. The second kappa shape index (κ2) is 4.17. The second-order valence-electron chi connectivity index (χ2n) is 4.22. The van der Waals surface area contributed by atoms with Crippen LogP contribution in [0, 0.1) is 11.6 Å². The van der Waals surface area contributed by atoms with Crippen molar-refractivity contribution in [3.8, 4) is 0 Å². The molecule has 3 nitrogen and oxygen atoms in total. The lowest BCUT2D eigenvalue weighted by Crippen LogP contribution is -2.15. The fourth-order valence-corrected chi connectivity index (χ4v) is 2.37. The van der Waals surface area contributed by atoms with Gasteiger partial charge in [-0.1, -0.05) is 0 Å². The molecule has 0 atom stereocenters. The van der Waals surface area contributed by atoms with Crippen LogP contribution in [0.15, 0.2) is 12.1 Å². The van der Waals surface area contributed by atoms with E-state index in [1.165, 1.54) is 0 Å². The van der Waals surface area contributed by atoms with Crippen molar-refractivity contribution in [3.05, 3.63) is 35.0 Å². The van der Waals surface area contributed by atoms with Crippen LogP contribution >= 0.6 is 0 Å². The second-order valence-corrected chi connectivity index (χ2v) is 4.22. The van der Waals surface area contributed by atoms with E-state index in [2.05, 4.69) is 10.3 Å². The summed E-state index contributed by atoms with van der Waals surface area (Å²) in [6.45, 7) is 0.940. The van der Waals surface area contributed by atoms with Gasteiger partial charge < -0.3 is 10.1 Å². The Bertz CT molecular complexity index is 628. The summed E-state index contributed by atoms with van der Waals surface area (Å²) in [4.78, 5) is 4.25. The molecule has 0 unspecified atom stereocenters. The van der Waals surface area contributed by atoms with Crippen LogP contribution in [0.3, 0.4) is 0 Å². The maximum atomic E-state index is 13.9. The molecule has 1 aromatic heterocycles. The van der Waals surface area contributed by atoms with Crippen molar-refractivity contribution in [2.75, 3.05) is 19.0 Å². The number of aromatic nitrogens is 1. The average Bonchev–Trinajstić information content (AvgIpc) is 2.41. The van der Waals surface area contributed by atoms with E-state index < -0.39 is 11.6 Å². The molecule has 0 saturated carbocycles. The first kappa shape index (κ1) is 11.3. The first-order chi connectivity index (χ1) is 8.72. The lowest BCUT2D eigenvalue weighted by molar-refractivity contribution is 0.110. The van der Waals surface area contributed by atoms with E-state index in [1.54, 1.807) is 7.05 Å². The van der Waals surface area contributed by atoms with Crippen molar-refractivity contribution < 1.29 is 13.5 Å². The monoisotopic (exact) mass is 250 g/mol. The molecule has 0 radical (unpaired) electrons. The van der Waals surface area contributed by atoms with Crippen LogP contribution in [0.25, 0.3) is 10.9 Å². The molecule has 2 heterocycles. The maximum Gasteiger partial charge on any atom is 0.149 e. The molecule has 0 amide bonds. The van der Waals surface area contributed by atoms with Crippen LogP contribution < -0.4 is 5.32 Å². The summed E-state index contributed by atoms with van der Waals surface area (Å²) >= 11 is 0. The summed E-state index contributed by atoms with van der Waals surface area (Å²) < 4.78 is 33.0. The zero-order valence-electron chi connectivity index (χ0n) is 9.89. The van der Waals surface area contributed by atoms with Crippen molar-refractivity contribution >= 4 is 16.6 Å². The van der Waals surface area contributed by atoms with Crippen molar-refractivity contribution in [3.63, 3.8) is 0 Å². The number of ether oxygens (including phenoxy) is 1. The van der Waals surface area contributed by atoms with Crippen LogP contribution in [0.4, 0.5) is 14.5 Å². The molecule has 1 aliphatic rings. The maximum absolute atomic E-state index is 13.9. The van der Waals surface area contributed by atoms with Crippen LogP contribution in [-0.4, -0.2) is 18.6 Å². The molecule has 94 valence electrons. The number of hydrogen-bond donors (Lipinski definition) is 1. The molecule has 0 spiro atoms. The Balaban J connectivity index is 2.44. The molecular weight excluding hydrogens is 238 g/mol. The highest BCUT2D eigenvalue weighted by atomic mass is 19.1. The topological polar surface area (TPSA) is 34.2 Å². The fraction of sp³-hybridized carbons (Fsp3) is 0.308. The van der Waals surface area contributed by atoms with E-state index in [1.807, 2.05) is 0 Å². The van der Waals surface area contributed by atoms with E-state index in [0.717, 1.165) is 23.4 Å². The van der Waals surface area contributed by atoms with Gasteiger partial charge in [-0.05, 0) is 12.1 Å². The Morgan fingerprint density at radius 1 is 1.28 bits per heavy atom. The van der Waals surface area contributed by atoms with Gasteiger partial charge in [0.15, 0.2) is 0 Å². The third-order valence-corrected chi connectivity index (χ3v) is 3.20. The van der Waals surface area contributed by atoms with Gasteiger partial charge in [0.1, 0.15) is 17.2 Å². The van der Waals surface area contributed by atoms with Crippen molar-refractivity contribution in [1.29, 1.82) is 0 Å². The van der Waals surface area contributed by atoms with Gasteiger partial charge in [0.25, 0.3) is 0 Å². The Hall–Kier alpha value is -1.75. The van der Waals surface area contributed by atoms with E-state index in [0.29, 0.717) is 25.3 Å². The number of rotatable bonds is 1. The van der Waals surface area contributed by atoms with Gasteiger partial charge in [-0.3, -0.25) is 0 Å². The molecule has 3 rings (SSSR count). The van der Waals surface area contributed by atoms with Gasteiger partial charge in [-0.15, -0.1) is 0 Å². The highest BCUT2D eigenvalue weighted by Gasteiger charge is 2.21. The van der Waals surface area contributed by atoms with Crippen molar-refractivity contribution in [1.82, 2.24) is 4.98 Å². The first-order valence-electron chi connectivity index (χ1n) is 5.77. The van der Waals surface area contributed by atoms with Crippen LogP contribution in [-0.2, 0) is 17.8 Å². The van der Waals surface area contributed by atoms with Gasteiger partial charge in [-0.2, -0.15) is 0 Å². The fourth-order valence-electron chi connectivity index (χ4n) is 2.37. The Morgan fingerprint density at radius 3 is 2.83 bits per heavy atom. The summed E-state index contributed by atoms with van der Waals surface area (Å²) in [7, 11) is 1.69. The lowest BCUT2D eigenvalue weighted by atomic mass is 10.0. The molecule has 0 bridgehead atoms. The summed E-state index contributed by atoms with van der Waals surface area (Å²) in [6, 6.07) is 2.23. The lowest BCUT2D eigenvalue weighted by Gasteiger charge is -2.21. The molecule has 0 saturated heterocycles.